The minimum Gasteiger partial charge on any atom is -0.462 e. The van der Waals surface area contributed by atoms with Crippen molar-refractivity contribution in [2.24, 2.45) is 5.92 Å². The second kappa shape index (κ2) is 13.3. The molecule has 0 fully saturated rings. The van der Waals surface area contributed by atoms with Gasteiger partial charge >= 0.3 is 11.9 Å². The maximum Gasteiger partial charge on any atom is 0.338 e. The smallest absolute Gasteiger partial charge is 0.338 e. The van der Waals surface area contributed by atoms with Crippen LogP contribution in [0, 0.1) is 5.92 Å². The summed E-state index contributed by atoms with van der Waals surface area (Å²) in [5.74, 6) is -0.442. The van der Waals surface area contributed by atoms with Gasteiger partial charge in [-0.15, -0.1) is 0 Å². The second-order valence-corrected chi connectivity index (χ2v) is 7.54. The van der Waals surface area contributed by atoms with Crippen LogP contribution < -0.4 is 0 Å². The van der Waals surface area contributed by atoms with E-state index in [1.165, 1.54) is 38.5 Å². The zero-order valence-corrected chi connectivity index (χ0v) is 17.5. The van der Waals surface area contributed by atoms with Gasteiger partial charge in [-0.1, -0.05) is 65.7 Å². The number of carbonyl (C=O) groups excluding carboxylic acids is 2. The number of hydrogen-bond donors (Lipinski definition) is 0. The minimum atomic E-state index is -0.366. The minimum absolute atomic E-state index is 0.145. The van der Waals surface area contributed by atoms with Gasteiger partial charge in [0.25, 0.3) is 0 Å². The molecule has 0 aromatic heterocycles. The SMILES string of the molecule is CCCCCCCCCCOC(=O)c1ccc(C(=O)OC(C)C(C)C)cc1. The van der Waals surface area contributed by atoms with Crippen molar-refractivity contribution in [2.75, 3.05) is 6.61 Å². The van der Waals surface area contributed by atoms with Crippen LogP contribution in [-0.4, -0.2) is 24.6 Å². The molecule has 0 spiro atoms. The number of esters is 2. The molecule has 0 radical (unpaired) electrons. The summed E-state index contributed by atoms with van der Waals surface area (Å²) < 4.78 is 10.7. The highest BCUT2D eigenvalue weighted by molar-refractivity contribution is 5.93. The van der Waals surface area contributed by atoms with E-state index >= 15 is 0 Å². The second-order valence-electron chi connectivity index (χ2n) is 7.54. The van der Waals surface area contributed by atoms with E-state index in [0.717, 1.165) is 12.8 Å². The lowest BCUT2D eigenvalue weighted by Crippen LogP contribution is -2.20. The van der Waals surface area contributed by atoms with E-state index in [1.54, 1.807) is 24.3 Å². The molecule has 1 unspecified atom stereocenters. The van der Waals surface area contributed by atoms with E-state index in [9.17, 15) is 9.59 Å². The largest absolute Gasteiger partial charge is 0.462 e. The average molecular weight is 377 g/mol. The number of rotatable bonds is 13. The van der Waals surface area contributed by atoms with Crippen molar-refractivity contribution in [1.29, 1.82) is 0 Å². The first-order valence-electron chi connectivity index (χ1n) is 10.4. The molecule has 0 saturated heterocycles. The highest BCUT2D eigenvalue weighted by Crippen LogP contribution is 2.13. The number of unbranched alkanes of at least 4 members (excludes halogenated alkanes) is 7. The van der Waals surface area contributed by atoms with Crippen molar-refractivity contribution in [3.05, 3.63) is 35.4 Å². The Kier molecular flexibility index (Phi) is 11.5. The lowest BCUT2D eigenvalue weighted by atomic mass is 10.1. The first kappa shape index (κ1) is 23.2. The predicted molar refractivity (Wildman–Crippen MR) is 109 cm³/mol. The molecule has 0 N–H and O–H groups in total. The van der Waals surface area contributed by atoms with Crippen molar-refractivity contribution in [3.8, 4) is 0 Å². The first-order chi connectivity index (χ1) is 13.0. The fraction of sp³-hybridized carbons (Fsp3) is 0.652. The van der Waals surface area contributed by atoms with Crippen molar-refractivity contribution in [2.45, 2.75) is 85.2 Å². The number of ether oxygens (including phenoxy) is 2. The van der Waals surface area contributed by atoms with Crippen LogP contribution in [0.1, 0.15) is 99.8 Å². The van der Waals surface area contributed by atoms with Crippen LogP contribution in [0.2, 0.25) is 0 Å². The summed E-state index contributed by atoms with van der Waals surface area (Å²) >= 11 is 0. The Morgan fingerprint density at radius 1 is 0.778 bits per heavy atom. The lowest BCUT2D eigenvalue weighted by molar-refractivity contribution is 0.0237. The van der Waals surface area contributed by atoms with Gasteiger partial charge in [0.1, 0.15) is 6.10 Å². The topological polar surface area (TPSA) is 52.6 Å². The zero-order chi connectivity index (χ0) is 20.1. The van der Waals surface area contributed by atoms with E-state index < -0.39 is 0 Å². The summed E-state index contributed by atoms with van der Waals surface area (Å²) in [5.41, 5.74) is 0.908. The highest BCUT2D eigenvalue weighted by Gasteiger charge is 2.15. The van der Waals surface area contributed by atoms with Gasteiger partial charge in [-0.25, -0.2) is 9.59 Å². The molecular weight excluding hydrogens is 340 g/mol. The molecule has 1 aromatic carbocycles. The molecule has 0 saturated carbocycles. The summed E-state index contributed by atoms with van der Waals surface area (Å²) in [6.45, 7) is 8.55. The maximum atomic E-state index is 12.1. The molecule has 1 aromatic rings. The summed E-state index contributed by atoms with van der Waals surface area (Å²) in [5, 5.41) is 0. The third-order valence-electron chi connectivity index (χ3n) is 4.82. The van der Waals surface area contributed by atoms with Gasteiger partial charge in [-0.2, -0.15) is 0 Å². The average Bonchev–Trinajstić information content (AvgIpc) is 2.66. The molecule has 0 aliphatic heterocycles. The van der Waals surface area contributed by atoms with Gasteiger partial charge in [0.15, 0.2) is 0 Å². The Morgan fingerprint density at radius 2 is 1.26 bits per heavy atom. The molecule has 27 heavy (non-hydrogen) atoms. The molecule has 1 atom stereocenters. The van der Waals surface area contributed by atoms with Crippen molar-refractivity contribution < 1.29 is 19.1 Å². The third-order valence-corrected chi connectivity index (χ3v) is 4.82. The van der Waals surface area contributed by atoms with Gasteiger partial charge < -0.3 is 9.47 Å². The Labute approximate surface area is 164 Å². The van der Waals surface area contributed by atoms with Crippen molar-refractivity contribution in [1.82, 2.24) is 0 Å². The van der Waals surface area contributed by atoms with Crippen LogP contribution in [0.3, 0.4) is 0 Å². The Bertz CT molecular complexity index is 548. The summed E-state index contributed by atoms with van der Waals surface area (Å²) in [7, 11) is 0. The quantitative estimate of drug-likeness (QED) is 0.304. The zero-order valence-electron chi connectivity index (χ0n) is 17.5. The van der Waals surface area contributed by atoms with E-state index in [2.05, 4.69) is 6.92 Å². The number of benzene rings is 1. The highest BCUT2D eigenvalue weighted by atomic mass is 16.5. The summed E-state index contributed by atoms with van der Waals surface area (Å²) in [4.78, 5) is 24.1. The van der Waals surface area contributed by atoms with Gasteiger partial charge in [-0.3, -0.25) is 0 Å². The predicted octanol–water partition coefficient (Wildman–Crippen LogP) is 6.19. The molecule has 0 bridgehead atoms. The molecule has 0 heterocycles. The molecule has 0 aliphatic rings. The van der Waals surface area contributed by atoms with Gasteiger partial charge in [0.05, 0.1) is 17.7 Å². The maximum absolute atomic E-state index is 12.1. The molecule has 4 heteroatoms. The summed E-state index contributed by atoms with van der Waals surface area (Å²) in [6, 6.07) is 6.46. The van der Waals surface area contributed by atoms with Crippen LogP contribution in [-0.2, 0) is 9.47 Å². The van der Waals surface area contributed by atoms with E-state index in [1.807, 2.05) is 20.8 Å². The van der Waals surface area contributed by atoms with E-state index in [0.29, 0.717) is 17.7 Å². The number of carbonyl (C=O) groups is 2. The van der Waals surface area contributed by atoms with E-state index in [4.69, 9.17) is 9.47 Å². The standard InChI is InChI=1S/C23H36O4/c1-5-6-7-8-9-10-11-12-17-26-22(24)20-13-15-21(16-14-20)23(25)27-19(4)18(2)3/h13-16,18-19H,5-12,17H2,1-4H3. The van der Waals surface area contributed by atoms with Gasteiger partial charge in [0, 0.05) is 0 Å². The molecule has 1 rings (SSSR count). The van der Waals surface area contributed by atoms with Crippen LogP contribution in [0.5, 0.6) is 0 Å². The Balaban J connectivity index is 2.27. The molecule has 0 aliphatic carbocycles. The van der Waals surface area contributed by atoms with Crippen LogP contribution in [0.25, 0.3) is 0 Å². The lowest BCUT2D eigenvalue weighted by Gasteiger charge is -2.16. The fourth-order valence-electron chi connectivity index (χ4n) is 2.60. The van der Waals surface area contributed by atoms with E-state index in [-0.39, 0.29) is 24.0 Å². The van der Waals surface area contributed by atoms with Gasteiger partial charge in [-0.05, 0) is 43.5 Å². The van der Waals surface area contributed by atoms with Crippen molar-refractivity contribution >= 4 is 11.9 Å². The molecule has 4 nitrogen and oxygen atoms in total. The van der Waals surface area contributed by atoms with Crippen molar-refractivity contribution in [3.63, 3.8) is 0 Å². The Hall–Kier alpha value is -1.84. The summed E-state index contributed by atoms with van der Waals surface area (Å²) in [6.07, 6.45) is 9.54. The molecule has 0 amide bonds. The Morgan fingerprint density at radius 3 is 1.78 bits per heavy atom. The van der Waals surface area contributed by atoms with Gasteiger partial charge in [0.2, 0.25) is 0 Å². The molecule has 152 valence electrons. The normalized spacial score (nSPS) is 12.0. The third kappa shape index (κ3) is 9.60. The first-order valence-corrected chi connectivity index (χ1v) is 10.4. The van der Waals surface area contributed by atoms with Crippen LogP contribution >= 0.6 is 0 Å². The molecular formula is C23H36O4. The number of hydrogen-bond acceptors (Lipinski definition) is 4. The fourth-order valence-corrected chi connectivity index (χ4v) is 2.60. The van der Waals surface area contributed by atoms with Crippen LogP contribution in [0.15, 0.2) is 24.3 Å². The monoisotopic (exact) mass is 376 g/mol. The van der Waals surface area contributed by atoms with Crippen LogP contribution in [0.4, 0.5) is 0 Å².